The third-order valence-corrected chi connectivity index (χ3v) is 6.31. The maximum atomic E-state index is 13.2. The van der Waals surface area contributed by atoms with Gasteiger partial charge in [-0.05, 0) is 43.0 Å². The molecule has 31 heavy (non-hydrogen) atoms. The van der Waals surface area contributed by atoms with Gasteiger partial charge in [-0.25, -0.2) is 0 Å². The predicted molar refractivity (Wildman–Crippen MR) is 116 cm³/mol. The summed E-state index contributed by atoms with van der Waals surface area (Å²) in [5, 5.41) is 0. The first-order chi connectivity index (χ1) is 15.1. The van der Waals surface area contributed by atoms with Crippen LogP contribution in [0, 0.1) is 0 Å². The quantitative estimate of drug-likeness (QED) is 0.642. The minimum absolute atomic E-state index is 0.136. The van der Waals surface area contributed by atoms with Crippen LogP contribution in [-0.4, -0.2) is 55.3 Å². The zero-order chi connectivity index (χ0) is 21.8. The molecule has 0 radical (unpaired) electrons. The Kier molecular flexibility index (Phi) is 6.49. The van der Waals surface area contributed by atoms with Crippen molar-refractivity contribution in [3.05, 3.63) is 42.2 Å². The van der Waals surface area contributed by atoms with Crippen molar-refractivity contribution in [2.75, 3.05) is 21.3 Å². The van der Waals surface area contributed by atoms with Gasteiger partial charge in [-0.1, -0.05) is 6.07 Å². The number of aromatic nitrogens is 1. The minimum Gasteiger partial charge on any atom is -0.493 e. The van der Waals surface area contributed by atoms with Gasteiger partial charge in [-0.3, -0.25) is 9.78 Å². The molecule has 0 aliphatic carbocycles. The van der Waals surface area contributed by atoms with E-state index in [1.807, 2.05) is 24.3 Å². The maximum absolute atomic E-state index is 13.2. The number of rotatable bonds is 8. The first-order valence-corrected chi connectivity index (χ1v) is 10.8. The Labute approximate surface area is 183 Å². The zero-order valence-electron chi connectivity index (χ0n) is 18.4. The lowest BCUT2D eigenvalue weighted by atomic mass is 9.98. The highest BCUT2D eigenvalue weighted by molar-refractivity contribution is 5.78. The Morgan fingerprint density at radius 1 is 1.03 bits per heavy atom. The number of hydrogen-bond acceptors (Lipinski definition) is 6. The van der Waals surface area contributed by atoms with Crippen LogP contribution in [0.3, 0.4) is 0 Å². The standard InChI is InChI=1S/C24H30N2O5/c1-28-21-10-6-16(23(29-2)24(21)30-3)7-11-22(27)26-17-8-9-18(26)14-20(13-17)31-19-5-4-12-25-15-19/h4-6,10,12,15,17-18,20H,7-9,11,13-14H2,1-3H3. The van der Waals surface area contributed by atoms with Crippen LogP contribution < -0.4 is 18.9 Å². The number of hydrogen-bond donors (Lipinski definition) is 0. The molecule has 2 aliphatic rings. The molecule has 1 aromatic heterocycles. The van der Waals surface area contributed by atoms with E-state index in [9.17, 15) is 4.79 Å². The van der Waals surface area contributed by atoms with Gasteiger partial charge in [0.05, 0.1) is 27.5 Å². The molecule has 2 unspecified atom stereocenters. The fourth-order valence-corrected chi connectivity index (χ4v) is 4.97. The number of amides is 1. The van der Waals surface area contributed by atoms with E-state index in [1.54, 1.807) is 33.7 Å². The normalized spacial score (nSPS) is 22.2. The van der Waals surface area contributed by atoms with E-state index < -0.39 is 0 Å². The lowest BCUT2D eigenvalue weighted by Crippen LogP contribution is -2.49. The van der Waals surface area contributed by atoms with E-state index in [-0.39, 0.29) is 24.1 Å². The molecule has 1 amide bonds. The van der Waals surface area contributed by atoms with Gasteiger partial charge in [0, 0.05) is 37.5 Å². The Balaban J connectivity index is 1.39. The average Bonchev–Trinajstić information content (AvgIpc) is 3.07. The van der Waals surface area contributed by atoms with E-state index in [0.717, 1.165) is 37.0 Å². The molecule has 2 saturated heterocycles. The molecule has 2 fully saturated rings. The highest BCUT2D eigenvalue weighted by Gasteiger charge is 2.43. The second kappa shape index (κ2) is 9.45. The van der Waals surface area contributed by atoms with Crippen molar-refractivity contribution in [1.82, 2.24) is 9.88 Å². The van der Waals surface area contributed by atoms with E-state index in [4.69, 9.17) is 18.9 Å². The molecule has 166 valence electrons. The number of methoxy groups -OCH3 is 3. The summed E-state index contributed by atoms with van der Waals surface area (Å²) in [5.74, 6) is 2.80. The number of benzene rings is 1. The largest absolute Gasteiger partial charge is 0.493 e. The van der Waals surface area contributed by atoms with Crippen LogP contribution in [0.2, 0.25) is 0 Å². The van der Waals surface area contributed by atoms with Crippen LogP contribution in [0.5, 0.6) is 23.0 Å². The van der Waals surface area contributed by atoms with E-state index in [0.29, 0.717) is 30.1 Å². The molecule has 7 nitrogen and oxygen atoms in total. The van der Waals surface area contributed by atoms with Crippen molar-refractivity contribution >= 4 is 5.91 Å². The minimum atomic E-state index is 0.136. The number of carbonyl (C=O) groups is 1. The molecule has 4 rings (SSSR count). The predicted octanol–water partition coefficient (Wildman–Crippen LogP) is 3.64. The Morgan fingerprint density at radius 2 is 1.77 bits per heavy atom. The fraction of sp³-hybridized carbons (Fsp3) is 0.500. The van der Waals surface area contributed by atoms with Crippen LogP contribution in [0.4, 0.5) is 0 Å². The lowest BCUT2D eigenvalue weighted by molar-refractivity contribution is -0.137. The van der Waals surface area contributed by atoms with Crippen LogP contribution in [0.1, 0.15) is 37.7 Å². The first kappa shape index (κ1) is 21.3. The Morgan fingerprint density at radius 3 is 2.39 bits per heavy atom. The van der Waals surface area contributed by atoms with Gasteiger partial charge >= 0.3 is 0 Å². The van der Waals surface area contributed by atoms with Gasteiger partial charge in [0.1, 0.15) is 11.9 Å². The van der Waals surface area contributed by atoms with Crippen molar-refractivity contribution in [1.29, 1.82) is 0 Å². The van der Waals surface area contributed by atoms with Crippen LogP contribution in [0.15, 0.2) is 36.7 Å². The third-order valence-electron chi connectivity index (χ3n) is 6.31. The number of piperidine rings is 1. The molecule has 3 heterocycles. The first-order valence-electron chi connectivity index (χ1n) is 10.8. The molecular weight excluding hydrogens is 396 g/mol. The van der Waals surface area contributed by atoms with Gasteiger partial charge in [0.25, 0.3) is 0 Å². The zero-order valence-corrected chi connectivity index (χ0v) is 18.4. The van der Waals surface area contributed by atoms with E-state index in [1.165, 1.54) is 0 Å². The average molecular weight is 427 g/mol. The number of ether oxygens (including phenoxy) is 4. The van der Waals surface area contributed by atoms with Crippen LogP contribution >= 0.6 is 0 Å². The lowest BCUT2D eigenvalue weighted by Gasteiger charge is -2.39. The topological polar surface area (TPSA) is 70.1 Å². The second-order valence-electron chi connectivity index (χ2n) is 8.08. The number of nitrogens with zero attached hydrogens (tertiary/aromatic N) is 2. The molecule has 2 aromatic rings. The van der Waals surface area contributed by atoms with Gasteiger partial charge in [-0.15, -0.1) is 0 Å². The van der Waals surface area contributed by atoms with E-state index in [2.05, 4.69) is 9.88 Å². The SMILES string of the molecule is COc1ccc(CCC(=O)N2C3CCC2CC(Oc2cccnc2)C3)c(OC)c1OC. The van der Waals surface area contributed by atoms with Crippen molar-refractivity contribution < 1.29 is 23.7 Å². The smallest absolute Gasteiger partial charge is 0.223 e. The summed E-state index contributed by atoms with van der Waals surface area (Å²) in [6.07, 6.45) is 8.48. The summed E-state index contributed by atoms with van der Waals surface area (Å²) in [5.41, 5.74) is 0.940. The molecular formula is C24H30N2O5. The fourth-order valence-electron chi connectivity index (χ4n) is 4.97. The van der Waals surface area contributed by atoms with Crippen molar-refractivity contribution in [3.63, 3.8) is 0 Å². The summed E-state index contributed by atoms with van der Waals surface area (Å²) in [7, 11) is 4.79. The van der Waals surface area contributed by atoms with Gasteiger partial charge in [0.15, 0.2) is 11.5 Å². The number of aryl methyl sites for hydroxylation is 1. The molecule has 0 N–H and O–H groups in total. The van der Waals surface area contributed by atoms with Crippen LogP contribution in [0.25, 0.3) is 0 Å². The third kappa shape index (κ3) is 4.40. The molecule has 7 heteroatoms. The molecule has 2 atom stereocenters. The van der Waals surface area contributed by atoms with Gasteiger partial charge < -0.3 is 23.8 Å². The number of fused-ring (bicyclic) bond motifs is 2. The van der Waals surface area contributed by atoms with Crippen molar-refractivity contribution in [3.8, 4) is 23.0 Å². The van der Waals surface area contributed by atoms with Crippen molar-refractivity contribution in [2.45, 2.75) is 56.7 Å². The maximum Gasteiger partial charge on any atom is 0.223 e. The van der Waals surface area contributed by atoms with E-state index >= 15 is 0 Å². The summed E-state index contributed by atoms with van der Waals surface area (Å²) >= 11 is 0. The van der Waals surface area contributed by atoms with Crippen LogP contribution in [-0.2, 0) is 11.2 Å². The number of carbonyl (C=O) groups excluding carboxylic acids is 1. The Hall–Kier alpha value is -2.96. The molecule has 1 aromatic carbocycles. The molecule has 2 aliphatic heterocycles. The highest BCUT2D eigenvalue weighted by atomic mass is 16.5. The second-order valence-corrected chi connectivity index (χ2v) is 8.08. The molecule has 2 bridgehead atoms. The monoisotopic (exact) mass is 426 g/mol. The summed E-state index contributed by atoms with van der Waals surface area (Å²) in [6.45, 7) is 0. The van der Waals surface area contributed by atoms with Gasteiger partial charge in [-0.2, -0.15) is 0 Å². The molecule has 0 spiro atoms. The number of pyridine rings is 1. The summed E-state index contributed by atoms with van der Waals surface area (Å²) in [4.78, 5) is 19.4. The Bertz CT molecular complexity index is 890. The summed E-state index contributed by atoms with van der Waals surface area (Å²) in [6, 6.07) is 8.11. The van der Waals surface area contributed by atoms with Gasteiger partial charge in [0.2, 0.25) is 11.7 Å². The highest BCUT2D eigenvalue weighted by Crippen LogP contribution is 2.41. The summed E-state index contributed by atoms with van der Waals surface area (Å²) < 4.78 is 22.5. The van der Waals surface area contributed by atoms with Crippen molar-refractivity contribution in [2.24, 2.45) is 0 Å². The molecule has 0 saturated carbocycles.